The Balaban J connectivity index is 1.72. The maximum atomic E-state index is 13.0. The second-order valence-electron chi connectivity index (χ2n) is 5.64. The molecule has 0 spiro atoms. The van der Waals surface area contributed by atoms with E-state index in [0.29, 0.717) is 18.5 Å². The molecule has 0 unspecified atom stereocenters. The zero-order chi connectivity index (χ0) is 17.2. The summed E-state index contributed by atoms with van der Waals surface area (Å²) in [5, 5.41) is 9.22. The van der Waals surface area contributed by atoms with Crippen molar-refractivity contribution in [3.8, 4) is 6.07 Å². The van der Waals surface area contributed by atoms with Crippen LogP contribution >= 0.6 is 11.8 Å². The number of nitrogens with zero attached hydrogens (tertiary/aromatic N) is 4. The average Bonchev–Trinajstić information content (AvgIpc) is 3.17. The van der Waals surface area contributed by atoms with Gasteiger partial charge in [0, 0.05) is 35.2 Å². The molecule has 0 radical (unpaired) electrons. The second-order valence-corrected chi connectivity index (χ2v) is 6.73. The maximum absolute atomic E-state index is 13.0. The number of carbonyl (C=O) groups is 1. The van der Waals surface area contributed by atoms with Crippen LogP contribution in [0, 0.1) is 11.3 Å². The van der Waals surface area contributed by atoms with Crippen LogP contribution in [0.15, 0.2) is 71.0 Å². The van der Waals surface area contributed by atoms with E-state index in [2.05, 4.69) is 11.1 Å². The third-order valence-corrected chi connectivity index (χ3v) is 5.18. The second kappa shape index (κ2) is 6.46. The summed E-state index contributed by atoms with van der Waals surface area (Å²) in [7, 11) is 0. The van der Waals surface area contributed by atoms with E-state index in [1.807, 2.05) is 41.1 Å². The molecule has 1 aliphatic heterocycles. The Hall–Kier alpha value is -3.04. The van der Waals surface area contributed by atoms with Crippen LogP contribution in [0.4, 0.5) is 11.4 Å². The van der Waals surface area contributed by atoms with E-state index in [4.69, 9.17) is 0 Å². The van der Waals surface area contributed by atoms with Crippen molar-refractivity contribution in [3.63, 3.8) is 0 Å². The molecular formula is C19H14N4OS. The number of hydrogen-bond donors (Lipinski definition) is 0. The van der Waals surface area contributed by atoms with Gasteiger partial charge < -0.3 is 4.57 Å². The number of imidazole rings is 1. The molecule has 1 aromatic heterocycles. The van der Waals surface area contributed by atoms with Gasteiger partial charge in [0.2, 0.25) is 5.91 Å². The van der Waals surface area contributed by atoms with Crippen LogP contribution in [-0.2, 0) is 11.3 Å². The zero-order valence-electron chi connectivity index (χ0n) is 13.3. The van der Waals surface area contributed by atoms with Crippen molar-refractivity contribution in [2.24, 2.45) is 0 Å². The van der Waals surface area contributed by atoms with Crippen LogP contribution in [0.5, 0.6) is 0 Å². The summed E-state index contributed by atoms with van der Waals surface area (Å²) in [5.41, 5.74) is 2.19. The van der Waals surface area contributed by atoms with Gasteiger partial charge in [-0.15, -0.1) is 0 Å². The molecule has 1 aliphatic rings. The Morgan fingerprint density at radius 2 is 2.00 bits per heavy atom. The van der Waals surface area contributed by atoms with Crippen LogP contribution < -0.4 is 4.90 Å². The molecule has 0 aliphatic carbocycles. The van der Waals surface area contributed by atoms with E-state index in [1.165, 1.54) is 0 Å². The Labute approximate surface area is 149 Å². The minimum atomic E-state index is -0.00205. The number of aromatic nitrogens is 2. The predicted molar refractivity (Wildman–Crippen MR) is 95.7 cm³/mol. The number of amides is 1. The molecule has 0 fully saturated rings. The fraction of sp³-hybridized carbons (Fsp3) is 0.105. The standard InChI is InChI=1S/C19H14N4OS/c20-12-14-5-6-18-16(11-14)23(15-3-1-2-4-17(15)25-18)19(24)7-9-22-10-8-21-13-22/h1-6,8,10-11,13H,7,9H2. The number of aryl methyl sites for hydroxylation is 1. The fourth-order valence-electron chi connectivity index (χ4n) is 2.85. The molecule has 0 saturated carbocycles. The first-order valence-corrected chi connectivity index (χ1v) is 8.67. The predicted octanol–water partition coefficient (Wildman–Crippen LogP) is 3.97. The summed E-state index contributed by atoms with van der Waals surface area (Å²) < 4.78 is 1.88. The van der Waals surface area contributed by atoms with Crippen molar-refractivity contribution in [2.75, 3.05) is 4.90 Å². The maximum Gasteiger partial charge on any atom is 0.233 e. The molecule has 3 aromatic rings. The molecule has 0 atom stereocenters. The Kier molecular flexibility index (Phi) is 4.00. The van der Waals surface area contributed by atoms with Gasteiger partial charge in [-0.1, -0.05) is 23.9 Å². The topological polar surface area (TPSA) is 61.9 Å². The van der Waals surface area contributed by atoms with Crippen molar-refractivity contribution in [3.05, 3.63) is 66.7 Å². The van der Waals surface area contributed by atoms with Crippen molar-refractivity contribution in [1.29, 1.82) is 5.26 Å². The van der Waals surface area contributed by atoms with Crippen LogP contribution in [0.3, 0.4) is 0 Å². The number of fused-ring (bicyclic) bond motifs is 2. The lowest BCUT2D eigenvalue weighted by atomic mass is 10.1. The monoisotopic (exact) mass is 346 g/mol. The van der Waals surface area contributed by atoms with Gasteiger partial charge in [0.15, 0.2) is 0 Å². The lowest BCUT2D eigenvalue weighted by molar-refractivity contribution is -0.118. The van der Waals surface area contributed by atoms with E-state index in [1.54, 1.807) is 41.3 Å². The molecular weight excluding hydrogens is 332 g/mol. The van der Waals surface area contributed by atoms with Crippen molar-refractivity contribution >= 4 is 29.0 Å². The van der Waals surface area contributed by atoms with Crippen LogP contribution in [0.2, 0.25) is 0 Å². The molecule has 6 heteroatoms. The van der Waals surface area contributed by atoms with Crippen molar-refractivity contribution < 1.29 is 4.79 Å². The van der Waals surface area contributed by atoms with E-state index in [9.17, 15) is 10.1 Å². The normalized spacial score (nSPS) is 12.2. The molecule has 25 heavy (non-hydrogen) atoms. The van der Waals surface area contributed by atoms with Gasteiger partial charge in [0.05, 0.1) is 29.3 Å². The fourth-order valence-corrected chi connectivity index (χ4v) is 3.89. The molecule has 2 aromatic carbocycles. The Morgan fingerprint density at radius 1 is 1.16 bits per heavy atom. The average molecular weight is 346 g/mol. The van der Waals surface area contributed by atoms with Crippen LogP contribution in [-0.4, -0.2) is 15.5 Å². The van der Waals surface area contributed by atoms with Crippen molar-refractivity contribution in [1.82, 2.24) is 9.55 Å². The number of carbonyl (C=O) groups excluding carboxylic acids is 1. The lowest BCUT2D eigenvalue weighted by Crippen LogP contribution is -2.29. The summed E-state index contributed by atoms with van der Waals surface area (Å²) in [6.07, 6.45) is 5.60. The molecule has 4 rings (SSSR count). The van der Waals surface area contributed by atoms with E-state index < -0.39 is 0 Å². The number of rotatable bonds is 3. The summed E-state index contributed by atoms with van der Waals surface area (Å²) >= 11 is 1.62. The van der Waals surface area contributed by atoms with E-state index >= 15 is 0 Å². The molecule has 0 N–H and O–H groups in total. The number of nitriles is 1. The lowest BCUT2D eigenvalue weighted by Gasteiger charge is -2.31. The van der Waals surface area contributed by atoms with Crippen LogP contribution in [0.1, 0.15) is 12.0 Å². The summed E-state index contributed by atoms with van der Waals surface area (Å²) in [6, 6.07) is 15.5. The van der Waals surface area contributed by atoms with Gasteiger partial charge in [-0.05, 0) is 30.3 Å². The van der Waals surface area contributed by atoms with Gasteiger partial charge in [-0.25, -0.2) is 4.98 Å². The summed E-state index contributed by atoms with van der Waals surface area (Å²) in [5.74, 6) is -0.00205. The Bertz CT molecular complexity index is 975. The summed E-state index contributed by atoms with van der Waals surface area (Å²) in [4.78, 5) is 20.8. The number of para-hydroxylation sites is 1. The third-order valence-electron chi connectivity index (χ3n) is 4.05. The largest absolute Gasteiger partial charge is 0.337 e. The molecule has 1 amide bonds. The van der Waals surface area contributed by atoms with E-state index in [-0.39, 0.29) is 5.91 Å². The van der Waals surface area contributed by atoms with E-state index in [0.717, 1.165) is 21.2 Å². The Morgan fingerprint density at radius 3 is 2.80 bits per heavy atom. The highest BCUT2D eigenvalue weighted by atomic mass is 32.2. The van der Waals surface area contributed by atoms with Gasteiger partial charge in [-0.2, -0.15) is 5.26 Å². The first kappa shape index (κ1) is 15.5. The highest BCUT2D eigenvalue weighted by molar-refractivity contribution is 7.99. The highest BCUT2D eigenvalue weighted by Crippen LogP contribution is 2.48. The quantitative estimate of drug-likeness (QED) is 0.720. The van der Waals surface area contributed by atoms with Gasteiger partial charge in [0.1, 0.15) is 0 Å². The first-order chi connectivity index (χ1) is 12.3. The molecule has 122 valence electrons. The molecule has 5 nitrogen and oxygen atoms in total. The first-order valence-electron chi connectivity index (χ1n) is 7.86. The molecule has 0 bridgehead atoms. The number of anilines is 2. The minimum absolute atomic E-state index is 0.00205. The minimum Gasteiger partial charge on any atom is -0.337 e. The third kappa shape index (κ3) is 2.90. The van der Waals surface area contributed by atoms with Gasteiger partial charge in [0.25, 0.3) is 0 Å². The number of benzene rings is 2. The highest BCUT2D eigenvalue weighted by Gasteiger charge is 2.28. The molecule has 0 saturated heterocycles. The summed E-state index contributed by atoms with van der Waals surface area (Å²) in [6.45, 7) is 0.567. The van der Waals surface area contributed by atoms with Crippen molar-refractivity contribution in [2.45, 2.75) is 22.8 Å². The van der Waals surface area contributed by atoms with Gasteiger partial charge >= 0.3 is 0 Å². The zero-order valence-corrected chi connectivity index (χ0v) is 14.1. The van der Waals surface area contributed by atoms with Crippen LogP contribution in [0.25, 0.3) is 0 Å². The van der Waals surface area contributed by atoms with Gasteiger partial charge in [-0.3, -0.25) is 9.69 Å². The molecule has 2 heterocycles. The smallest absolute Gasteiger partial charge is 0.233 e. The number of hydrogen-bond acceptors (Lipinski definition) is 4. The SMILES string of the molecule is N#Cc1ccc2c(c1)N(C(=O)CCn1ccnc1)c1ccccc1S2.